The Morgan fingerprint density at radius 3 is 2.11 bits per heavy atom. The van der Waals surface area contributed by atoms with Crippen LogP contribution in [-0.2, 0) is 14.4 Å². The summed E-state index contributed by atoms with van der Waals surface area (Å²) in [4.78, 5) is 33.8. The number of nitrogens with one attached hydrogen (secondary N) is 2. The zero-order chi connectivity index (χ0) is 14.0. The molecule has 18 heavy (non-hydrogen) atoms. The van der Waals surface area contributed by atoms with Gasteiger partial charge in [0.2, 0.25) is 11.8 Å². The molecule has 6 heteroatoms. The van der Waals surface area contributed by atoms with Crippen LogP contribution in [0.1, 0.15) is 40.0 Å². The van der Waals surface area contributed by atoms with Gasteiger partial charge in [-0.25, -0.2) is 4.79 Å². The summed E-state index contributed by atoms with van der Waals surface area (Å²) in [6.07, 6.45) is 1.22. The number of aliphatic carboxylic acids is 1. The molecule has 0 aliphatic heterocycles. The van der Waals surface area contributed by atoms with E-state index in [1.807, 2.05) is 20.8 Å². The van der Waals surface area contributed by atoms with E-state index in [1.165, 1.54) is 0 Å². The molecule has 2 amide bonds. The Balaban J connectivity index is 2.30. The molecule has 0 atom stereocenters. The summed E-state index contributed by atoms with van der Waals surface area (Å²) in [5.41, 5.74) is -1.23. The third-order valence-corrected chi connectivity index (χ3v) is 2.68. The minimum atomic E-state index is -1.09. The summed E-state index contributed by atoms with van der Waals surface area (Å²) in [6, 6.07) is 0. The van der Waals surface area contributed by atoms with Crippen LogP contribution in [-0.4, -0.2) is 35.0 Å². The second kappa shape index (κ2) is 4.96. The van der Waals surface area contributed by atoms with Gasteiger partial charge in [-0.3, -0.25) is 9.59 Å². The van der Waals surface area contributed by atoms with E-state index in [0.717, 1.165) is 0 Å². The molecule has 0 saturated heterocycles. The van der Waals surface area contributed by atoms with Crippen molar-refractivity contribution in [2.45, 2.75) is 45.6 Å². The monoisotopic (exact) mass is 256 g/mol. The van der Waals surface area contributed by atoms with Crippen LogP contribution in [0.4, 0.5) is 0 Å². The highest BCUT2D eigenvalue weighted by Crippen LogP contribution is 2.35. The third-order valence-electron chi connectivity index (χ3n) is 2.68. The molecule has 0 unspecified atom stereocenters. The van der Waals surface area contributed by atoms with Crippen molar-refractivity contribution in [3.05, 3.63) is 0 Å². The first kappa shape index (κ1) is 14.5. The molecule has 1 saturated carbocycles. The second-order valence-corrected chi connectivity index (χ2v) is 5.95. The van der Waals surface area contributed by atoms with Crippen molar-refractivity contribution < 1.29 is 19.5 Å². The van der Waals surface area contributed by atoms with E-state index in [-0.39, 0.29) is 17.9 Å². The molecule has 1 fully saturated rings. The highest BCUT2D eigenvalue weighted by molar-refractivity contribution is 5.91. The van der Waals surface area contributed by atoms with Gasteiger partial charge in [-0.1, -0.05) is 20.8 Å². The van der Waals surface area contributed by atoms with Crippen molar-refractivity contribution in [2.75, 3.05) is 6.54 Å². The first-order valence-corrected chi connectivity index (χ1v) is 5.96. The molecule has 0 radical (unpaired) electrons. The topological polar surface area (TPSA) is 95.5 Å². The number of hydrogen-bond donors (Lipinski definition) is 3. The maximum Gasteiger partial charge on any atom is 0.329 e. The van der Waals surface area contributed by atoms with Gasteiger partial charge >= 0.3 is 5.97 Å². The standard InChI is InChI=1S/C12H20N2O4/c1-11(2,3)6-8(15)13-7-9(16)14-12(4-5-12)10(17)18/h4-7H2,1-3H3,(H,13,15)(H,14,16)(H,17,18). The van der Waals surface area contributed by atoms with E-state index >= 15 is 0 Å². The lowest BCUT2D eigenvalue weighted by molar-refractivity contribution is -0.143. The van der Waals surface area contributed by atoms with E-state index in [9.17, 15) is 14.4 Å². The van der Waals surface area contributed by atoms with Gasteiger partial charge in [0, 0.05) is 6.42 Å². The van der Waals surface area contributed by atoms with E-state index in [1.54, 1.807) is 0 Å². The van der Waals surface area contributed by atoms with Gasteiger partial charge in [0.15, 0.2) is 0 Å². The SMILES string of the molecule is CC(C)(C)CC(=O)NCC(=O)NC1(C(=O)O)CC1. The van der Waals surface area contributed by atoms with Crippen molar-refractivity contribution in [3.8, 4) is 0 Å². The lowest BCUT2D eigenvalue weighted by Gasteiger charge is -2.17. The Labute approximate surface area is 106 Å². The predicted molar refractivity (Wildman–Crippen MR) is 64.8 cm³/mol. The normalized spacial score (nSPS) is 16.8. The van der Waals surface area contributed by atoms with Gasteiger partial charge in [-0.2, -0.15) is 0 Å². The molecule has 1 rings (SSSR count). The van der Waals surface area contributed by atoms with Crippen LogP contribution < -0.4 is 10.6 Å². The summed E-state index contributed by atoms with van der Waals surface area (Å²) < 4.78 is 0. The van der Waals surface area contributed by atoms with Crippen LogP contribution in [0.15, 0.2) is 0 Å². The first-order valence-electron chi connectivity index (χ1n) is 5.96. The average Bonchev–Trinajstić information content (AvgIpc) is 2.93. The van der Waals surface area contributed by atoms with Crippen LogP contribution in [0.5, 0.6) is 0 Å². The smallest absolute Gasteiger partial charge is 0.329 e. The Bertz CT molecular complexity index is 367. The third kappa shape index (κ3) is 4.35. The molecule has 0 aromatic heterocycles. The predicted octanol–water partition coefficient (Wildman–Crippen LogP) is 0.272. The van der Waals surface area contributed by atoms with Gasteiger partial charge in [0.05, 0.1) is 6.54 Å². The van der Waals surface area contributed by atoms with E-state index in [4.69, 9.17) is 5.11 Å². The molecule has 6 nitrogen and oxygen atoms in total. The molecule has 0 bridgehead atoms. The van der Waals surface area contributed by atoms with Crippen molar-refractivity contribution >= 4 is 17.8 Å². The van der Waals surface area contributed by atoms with Gasteiger partial charge in [0.25, 0.3) is 0 Å². The summed E-state index contributed by atoms with van der Waals surface area (Å²) in [7, 11) is 0. The number of rotatable bonds is 5. The summed E-state index contributed by atoms with van der Waals surface area (Å²) >= 11 is 0. The Kier molecular flexibility index (Phi) is 3.98. The highest BCUT2D eigenvalue weighted by Gasteiger charge is 2.51. The van der Waals surface area contributed by atoms with Crippen molar-refractivity contribution in [3.63, 3.8) is 0 Å². The molecule has 1 aliphatic carbocycles. The van der Waals surface area contributed by atoms with Crippen LogP contribution in [0.25, 0.3) is 0 Å². The number of amides is 2. The molecule has 0 aromatic rings. The number of carbonyl (C=O) groups excluding carboxylic acids is 2. The summed E-state index contributed by atoms with van der Waals surface area (Å²) in [5, 5.41) is 13.8. The van der Waals surface area contributed by atoms with Crippen LogP contribution in [0.3, 0.4) is 0 Å². The zero-order valence-corrected chi connectivity index (χ0v) is 11.0. The number of carboxylic acids is 1. The zero-order valence-electron chi connectivity index (χ0n) is 11.0. The largest absolute Gasteiger partial charge is 0.480 e. The number of carbonyl (C=O) groups is 3. The number of carboxylic acid groups (broad SMARTS) is 1. The van der Waals surface area contributed by atoms with Gasteiger partial charge in [-0.15, -0.1) is 0 Å². The maximum atomic E-state index is 11.5. The van der Waals surface area contributed by atoms with Gasteiger partial charge in [0.1, 0.15) is 5.54 Å². The Hall–Kier alpha value is -1.59. The van der Waals surface area contributed by atoms with Crippen LogP contribution in [0.2, 0.25) is 0 Å². The average molecular weight is 256 g/mol. The summed E-state index contributed by atoms with van der Waals surface area (Å²) in [5.74, 6) is -1.69. The lowest BCUT2D eigenvalue weighted by Crippen LogP contribution is -2.47. The minimum Gasteiger partial charge on any atom is -0.480 e. The molecular formula is C12H20N2O4. The van der Waals surface area contributed by atoms with Gasteiger partial charge < -0.3 is 15.7 Å². The fourth-order valence-corrected chi connectivity index (χ4v) is 1.55. The first-order chi connectivity index (χ1) is 8.15. The Morgan fingerprint density at radius 1 is 1.17 bits per heavy atom. The quantitative estimate of drug-likeness (QED) is 0.658. The Morgan fingerprint density at radius 2 is 1.72 bits per heavy atom. The maximum absolute atomic E-state index is 11.5. The van der Waals surface area contributed by atoms with Gasteiger partial charge in [-0.05, 0) is 18.3 Å². The number of hydrogen-bond acceptors (Lipinski definition) is 3. The molecule has 102 valence electrons. The van der Waals surface area contributed by atoms with E-state index < -0.39 is 17.4 Å². The fraction of sp³-hybridized carbons (Fsp3) is 0.750. The lowest BCUT2D eigenvalue weighted by atomic mass is 9.92. The van der Waals surface area contributed by atoms with Crippen molar-refractivity contribution in [1.29, 1.82) is 0 Å². The fourth-order valence-electron chi connectivity index (χ4n) is 1.55. The molecule has 0 aromatic carbocycles. The van der Waals surface area contributed by atoms with Crippen LogP contribution in [0, 0.1) is 5.41 Å². The molecule has 1 aliphatic rings. The molecular weight excluding hydrogens is 236 g/mol. The minimum absolute atomic E-state index is 0.140. The molecule has 0 heterocycles. The van der Waals surface area contributed by atoms with E-state index in [0.29, 0.717) is 19.3 Å². The molecule has 0 spiro atoms. The van der Waals surface area contributed by atoms with E-state index in [2.05, 4.69) is 10.6 Å². The molecule has 3 N–H and O–H groups in total. The van der Waals surface area contributed by atoms with Crippen molar-refractivity contribution in [2.24, 2.45) is 5.41 Å². The van der Waals surface area contributed by atoms with Crippen LogP contribution >= 0.6 is 0 Å². The second-order valence-electron chi connectivity index (χ2n) is 5.95. The highest BCUT2D eigenvalue weighted by atomic mass is 16.4. The summed E-state index contributed by atoms with van der Waals surface area (Å²) in [6.45, 7) is 5.60. The van der Waals surface area contributed by atoms with Crippen molar-refractivity contribution in [1.82, 2.24) is 10.6 Å².